The molecule has 17 heavy (non-hydrogen) atoms. The maximum absolute atomic E-state index is 9.18. The van der Waals surface area contributed by atoms with Crippen LogP contribution in [0.2, 0.25) is 0 Å². The number of rotatable bonds is 13. The van der Waals surface area contributed by atoms with E-state index in [1.807, 2.05) is 6.92 Å². The van der Waals surface area contributed by atoms with Crippen molar-refractivity contribution in [2.45, 2.75) is 90.8 Å². The van der Waals surface area contributed by atoms with Crippen molar-refractivity contribution in [3.8, 4) is 0 Å². The minimum atomic E-state index is -0.548. The zero-order chi connectivity index (χ0) is 12.8. The number of hydrogen-bond acceptors (Lipinski definition) is 2. The zero-order valence-electron chi connectivity index (χ0n) is 11.9. The van der Waals surface area contributed by atoms with E-state index in [4.69, 9.17) is 4.74 Å². The van der Waals surface area contributed by atoms with Crippen LogP contribution in [-0.4, -0.2) is 18.0 Å². The Labute approximate surface area is 108 Å². The average Bonchev–Trinajstić information content (AvgIpc) is 2.35. The molecule has 2 nitrogen and oxygen atoms in total. The lowest BCUT2D eigenvalue weighted by Crippen LogP contribution is -2.10. The van der Waals surface area contributed by atoms with Gasteiger partial charge in [0.1, 0.15) is 0 Å². The average molecular weight is 244 g/mol. The first-order valence-electron chi connectivity index (χ1n) is 7.61. The van der Waals surface area contributed by atoms with Crippen molar-refractivity contribution < 1.29 is 9.84 Å². The highest BCUT2D eigenvalue weighted by Crippen LogP contribution is 2.10. The summed E-state index contributed by atoms with van der Waals surface area (Å²) in [7, 11) is 0. The second-order valence-corrected chi connectivity index (χ2v) is 4.92. The van der Waals surface area contributed by atoms with Gasteiger partial charge in [-0.05, 0) is 12.8 Å². The van der Waals surface area contributed by atoms with E-state index in [0.29, 0.717) is 13.0 Å². The van der Waals surface area contributed by atoms with Gasteiger partial charge in [-0.2, -0.15) is 0 Å². The number of ether oxygens (including phenoxy) is 1. The third-order valence-electron chi connectivity index (χ3n) is 3.16. The summed E-state index contributed by atoms with van der Waals surface area (Å²) in [5.41, 5.74) is 0. The van der Waals surface area contributed by atoms with E-state index in [-0.39, 0.29) is 0 Å². The highest BCUT2D eigenvalue weighted by atomic mass is 16.6. The molecule has 0 saturated carbocycles. The quantitative estimate of drug-likeness (QED) is 0.377. The smallest absolute Gasteiger partial charge is 0.154 e. The second-order valence-electron chi connectivity index (χ2n) is 4.92. The van der Waals surface area contributed by atoms with Crippen LogP contribution in [0.15, 0.2) is 0 Å². The molecule has 1 unspecified atom stereocenters. The van der Waals surface area contributed by atoms with Crippen LogP contribution in [0.5, 0.6) is 0 Å². The van der Waals surface area contributed by atoms with Crippen molar-refractivity contribution in [3.63, 3.8) is 0 Å². The minimum Gasteiger partial charge on any atom is -0.368 e. The number of aliphatic hydroxyl groups excluding tert-OH is 1. The molecule has 0 amide bonds. The Morgan fingerprint density at radius 1 is 0.765 bits per heavy atom. The molecule has 1 atom stereocenters. The van der Waals surface area contributed by atoms with E-state index in [0.717, 1.165) is 6.42 Å². The van der Waals surface area contributed by atoms with E-state index < -0.39 is 6.29 Å². The Balaban J connectivity index is 2.94. The van der Waals surface area contributed by atoms with Gasteiger partial charge in [-0.1, -0.05) is 71.6 Å². The highest BCUT2D eigenvalue weighted by molar-refractivity contribution is 4.47. The summed E-state index contributed by atoms with van der Waals surface area (Å²) in [6, 6.07) is 0. The van der Waals surface area contributed by atoms with Crippen LogP contribution in [0.1, 0.15) is 84.5 Å². The molecule has 0 radical (unpaired) electrons. The summed E-state index contributed by atoms with van der Waals surface area (Å²) in [4.78, 5) is 0. The molecule has 0 aromatic carbocycles. The van der Waals surface area contributed by atoms with E-state index in [9.17, 15) is 5.11 Å². The van der Waals surface area contributed by atoms with E-state index in [1.165, 1.54) is 57.8 Å². The van der Waals surface area contributed by atoms with Crippen LogP contribution in [0.4, 0.5) is 0 Å². The molecule has 104 valence electrons. The molecule has 0 bridgehead atoms. The predicted octanol–water partition coefficient (Wildman–Crippen LogP) is 4.65. The molecule has 0 spiro atoms. The lowest BCUT2D eigenvalue weighted by Gasteiger charge is -2.08. The van der Waals surface area contributed by atoms with Crippen molar-refractivity contribution in [1.82, 2.24) is 0 Å². The zero-order valence-corrected chi connectivity index (χ0v) is 11.9. The number of unbranched alkanes of at least 4 members (excludes halogenated alkanes) is 9. The fraction of sp³-hybridized carbons (Fsp3) is 1.00. The Bertz CT molecular complexity index is 137. The largest absolute Gasteiger partial charge is 0.368 e. The van der Waals surface area contributed by atoms with Crippen LogP contribution >= 0.6 is 0 Å². The van der Waals surface area contributed by atoms with Crippen molar-refractivity contribution in [2.75, 3.05) is 6.61 Å². The van der Waals surface area contributed by atoms with Crippen LogP contribution in [-0.2, 0) is 4.74 Å². The van der Waals surface area contributed by atoms with Gasteiger partial charge >= 0.3 is 0 Å². The molecule has 0 aliphatic carbocycles. The topological polar surface area (TPSA) is 29.5 Å². The lowest BCUT2D eigenvalue weighted by molar-refractivity contribution is -0.101. The monoisotopic (exact) mass is 244 g/mol. The molecular formula is C15H32O2. The van der Waals surface area contributed by atoms with Crippen molar-refractivity contribution in [3.05, 3.63) is 0 Å². The van der Waals surface area contributed by atoms with Gasteiger partial charge in [0.25, 0.3) is 0 Å². The molecular weight excluding hydrogens is 212 g/mol. The standard InChI is InChI=1S/C15H32O2/c1-3-5-6-7-8-9-10-11-12-13-14-17-15(16)4-2/h15-16H,3-14H2,1-2H3. The second kappa shape index (κ2) is 14.0. The Hall–Kier alpha value is -0.0800. The van der Waals surface area contributed by atoms with Gasteiger partial charge in [0.15, 0.2) is 6.29 Å². The molecule has 0 aromatic heterocycles. The Morgan fingerprint density at radius 2 is 1.24 bits per heavy atom. The van der Waals surface area contributed by atoms with Gasteiger partial charge < -0.3 is 9.84 Å². The SMILES string of the molecule is CCCCCCCCCCCCOC(O)CC. The Morgan fingerprint density at radius 3 is 1.71 bits per heavy atom. The maximum Gasteiger partial charge on any atom is 0.154 e. The molecule has 0 aliphatic rings. The fourth-order valence-electron chi connectivity index (χ4n) is 1.93. The van der Waals surface area contributed by atoms with Gasteiger partial charge in [-0.25, -0.2) is 0 Å². The van der Waals surface area contributed by atoms with Crippen LogP contribution < -0.4 is 0 Å². The summed E-state index contributed by atoms with van der Waals surface area (Å²) in [6.45, 7) is 4.91. The Kier molecular flexibility index (Phi) is 13.9. The number of hydrogen-bond donors (Lipinski definition) is 1. The van der Waals surface area contributed by atoms with Gasteiger partial charge in [0, 0.05) is 6.61 Å². The first-order valence-corrected chi connectivity index (χ1v) is 7.61. The fourth-order valence-corrected chi connectivity index (χ4v) is 1.93. The first-order chi connectivity index (χ1) is 8.31. The molecule has 1 N–H and O–H groups in total. The molecule has 0 saturated heterocycles. The normalized spacial score (nSPS) is 12.9. The van der Waals surface area contributed by atoms with Gasteiger partial charge in [0.05, 0.1) is 0 Å². The summed E-state index contributed by atoms with van der Waals surface area (Å²) in [5.74, 6) is 0. The van der Waals surface area contributed by atoms with Crippen LogP contribution in [0, 0.1) is 0 Å². The minimum absolute atomic E-state index is 0.548. The lowest BCUT2D eigenvalue weighted by atomic mass is 10.1. The third-order valence-corrected chi connectivity index (χ3v) is 3.16. The molecule has 0 rings (SSSR count). The summed E-state index contributed by atoms with van der Waals surface area (Å²) in [5, 5.41) is 9.18. The highest BCUT2D eigenvalue weighted by Gasteiger charge is 1.98. The first kappa shape index (κ1) is 16.9. The summed E-state index contributed by atoms with van der Waals surface area (Å²) in [6.07, 6.45) is 13.5. The van der Waals surface area contributed by atoms with E-state index in [1.54, 1.807) is 0 Å². The number of aliphatic hydroxyl groups is 1. The molecule has 0 aliphatic heterocycles. The van der Waals surface area contributed by atoms with Crippen molar-refractivity contribution >= 4 is 0 Å². The molecule has 0 aromatic rings. The third kappa shape index (κ3) is 13.9. The predicted molar refractivity (Wildman–Crippen MR) is 74.1 cm³/mol. The maximum atomic E-state index is 9.18. The van der Waals surface area contributed by atoms with E-state index >= 15 is 0 Å². The van der Waals surface area contributed by atoms with Gasteiger partial charge in [-0.15, -0.1) is 0 Å². The van der Waals surface area contributed by atoms with Crippen LogP contribution in [0.3, 0.4) is 0 Å². The van der Waals surface area contributed by atoms with Gasteiger partial charge in [-0.3, -0.25) is 0 Å². The molecule has 0 fully saturated rings. The molecule has 0 heterocycles. The molecule has 2 heteroatoms. The van der Waals surface area contributed by atoms with Crippen molar-refractivity contribution in [2.24, 2.45) is 0 Å². The van der Waals surface area contributed by atoms with Gasteiger partial charge in [0.2, 0.25) is 0 Å². The summed E-state index contributed by atoms with van der Waals surface area (Å²) >= 11 is 0. The van der Waals surface area contributed by atoms with Crippen LogP contribution in [0.25, 0.3) is 0 Å². The van der Waals surface area contributed by atoms with Crippen molar-refractivity contribution in [1.29, 1.82) is 0 Å². The summed E-state index contributed by atoms with van der Waals surface area (Å²) < 4.78 is 5.22. The van der Waals surface area contributed by atoms with E-state index in [2.05, 4.69) is 6.92 Å².